The molecule has 0 aromatic carbocycles. The highest BCUT2D eigenvalue weighted by Gasteiger charge is 2.50. The summed E-state index contributed by atoms with van der Waals surface area (Å²) in [4.78, 5) is 12.0. The zero-order valence-electron chi connectivity index (χ0n) is 22.4. The third-order valence-corrected chi connectivity index (χ3v) is 7.03. The van der Waals surface area contributed by atoms with Crippen LogP contribution in [0.5, 0.6) is 0 Å². The summed E-state index contributed by atoms with van der Waals surface area (Å²) < 4.78 is 28.3. The number of alkyl carbamates (subject to hydrolysis) is 1. The molecule has 3 aliphatic rings. The molecule has 1 aliphatic carbocycles. The van der Waals surface area contributed by atoms with E-state index in [1.54, 1.807) is 20.8 Å². The standard InChI is InChI=1S/C23H45N5O11/c1-23(2,3)39-22(34)28-6-12-11(30)5-10(26)20(35-12)37-18-8(24)4-9(25)19(17(18)33)38-21-16(32)14(27)15(31)13(7-29)36-21/h8-21,29-33H,4-7,24-27H2,1-3H3,(H,28,34)/t8?,9-,10?,11+,12?,13-,14?,15?,16-,17?,18-,19?,20-,21?/m1/s1. The highest BCUT2D eigenvalue weighted by atomic mass is 16.7. The van der Waals surface area contributed by atoms with Crippen LogP contribution >= 0.6 is 0 Å². The number of hydrogen-bond donors (Lipinski definition) is 10. The summed E-state index contributed by atoms with van der Waals surface area (Å²) in [6.07, 6.45) is -12.5. The van der Waals surface area contributed by atoms with Crippen molar-refractivity contribution in [1.29, 1.82) is 0 Å². The number of carbonyl (C=O) groups is 1. The lowest BCUT2D eigenvalue weighted by atomic mass is 9.84. The van der Waals surface area contributed by atoms with Gasteiger partial charge in [0, 0.05) is 18.6 Å². The van der Waals surface area contributed by atoms with Gasteiger partial charge in [0.2, 0.25) is 0 Å². The molecule has 3 fully saturated rings. The largest absolute Gasteiger partial charge is 0.444 e. The van der Waals surface area contributed by atoms with E-state index in [1.165, 1.54) is 0 Å². The molecule has 1 saturated carbocycles. The number of hydrogen-bond acceptors (Lipinski definition) is 15. The summed E-state index contributed by atoms with van der Waals surface area (Å²) in [6, 6.07) is -3.53. The smallest absolute Gasteiger partial charge is 0.407 e. The van der Waals surface area contributed by atoms with E-state index in [9.17, 15) is 30.3 Å². The third kappa shape index (κ3) is 7.94. The Bertz CT molecular complexity index is 805. The van der Waals surface area contributed by atoms with Crippen LogP contribution in [-0.2, 0) is 23.7 Å². The molecule has 2 heterocycles. The molecule has 3 rings (SSSR count). The van der Waals surface area contributed by atoms with Crippen LogP contribution in [0.4, 0.5) is 4.79 Å². The maximum absolute atomic E-state index is 12.0. The molecule has 0 radical (unpaired) electrons. The Balaban J connectivity index is 1.65. The zero-order chi connectivity index (χ0) is 29.2. The van der Waals surface area contributed by atoms with Crippen molar-refractivity contribution in [2.24, 2.45) is 22.9 Å². The monoisotopic (exact) mass is 567 g/mol. The quantitative estimate of drug-likeness (QED) is 0.138. The summed E-state index contributed by atoms with van der Waals surface area (Å²) in [7, 11) is 0. The second kappa shape index (κ2) is 13.2. The molecule has 2 aliphatic heterocycles. The van der Waals surface area contributed by atoms with Crippen LogP contribution in [0.25, 0.3) is 0 Å². The second-order valence-electron chi connectivity index (χ2n) is 11.4. The van der Waals surface area contributed by atoms with E-state index in [-0.39, 0.29) is 19.4 Å². The van der Waals surface area contributed by atoms with Gasteiger partial charge in [-0.15, -0.1) is 0 Å². The second-order valence-corrected chi connectivity index (χ2v) is 11.4. The van der Waals surface area contributed by atoms with Crippen LogP contribution in [0.15, 0.2) is 0 Å². The van der Waals surface area contributed by atoms with Gasteiger partial charge in [-0.3, -0.25) is 0 Å². The van der Waals surface area contributed by atoms with Crippen molar-refractivity contribution in [2.45, 2.75) is 125 Å². The van der Waals surface area contributed by atoms with Crippen LogP contribution in [-0.4, -0.2) is 136 Å². The molecule has 16 nitrogen and oxygen atoms in total. The summed E-state index contributed by atoms with van der Waals surface area (Å²) in [5.41, 5.74) is 23.7. The first-order valence-electron chi connectivity index (χ1n) is 13.1. The molecule has 228 valence electrons. The molecule has 0 spiro atoms. The van der Waals surface area contributed by atoms with E-state index in [0.29, 0.717) is 0 Å². The highest BCUT2D eigenvalue weighted by molar-refractivity contribution is 5.67. The number of ether oxygens (including phenoxy) is 5. The SMILES string of the molecule is CC(C)(C)OC(=O)NCC1O[C@H](O[C@@H]2C(N)C[C@@H](N)C(OC3O[C@H](CO)C(O)C(N)[C@H]3O)C2O)C(N)C[C@@H]1O. The minimum Gasteiger partial charge on any atom is -0.444 e. The van der Waals surface area contributed by atoms with Crippen molar-refractivity contribution in [2.75, 3.05) is 13.2 Å². The fourth-order valence-electron chi connectivity index (χ4n) is 4.90. The van der Waals surface area contributed by atoms with Crippen LogP contribution in [0.1, 0.15) is 33.6 Å². The number of carbonyl (C=O) groups excluding carboxylic acids is 1. The van der Waals surface area contributed by atoms with E-state index in [0.717, 1.165) is 0 Å². The minimum atomic E-state index is -1.48. The Morgan fingerprint density at radius 1 is 0.846 bits per heavy atom. The van der Waals surface area contributed by atoms with Gasteiger partial charge in [0.05, 0.1) is 24.8 Å². The molecule has 0 bridgehead atoms. The van der Waals surface area contributed by atoms with E-state index >= 15 is 0 Å². The highest BCUT2D eigenvalue weighted by Crippen LogP contribution is 2.30. The van der Waals surface area contributed by atoms with Crippen LogP contribution in [0, 0.1) is 0 Å². The fourth-order valence-corrected chi connectivity index (χ4v) is 4.90. The lowest BCUT2D eigenvalue weighted by molar-refractivity contribution is -0.315. The van der Waals surface area contributed by atoms with Crippen LogP contribution in [0.2, 0.25) is 0 Å². The normalized spacial score (nSPS) is 45.5. The van der Waals surface area contributed by atoms with E-state index in [2.05, 4.69) is 5.32 Å². The maximum atomic E-state index is 12.0. The molecule has 16 heteroatoms. The van der Waals surface area contributed by atoms with Gasteiger partial charge in [-0.2, -0.15) is 0 Å². The van der Waals surface area contributed by atoms with Crippen molar-refractivity contribution in [1.82, 2.24) is 5.32 Å². The summed E-state index contributed by atoms with van der Waals surface area (Å²) in [5, 5.41) is 54.1. The maximum Gasteiger partial charge on any atom is 0.407 e. The molecule has 2 saturated heterocycles. The number of nitrogens with one attached hydrogen (secondary N) is 1. The molecule has 8 unspecified atom stereocenters. The molecular weight excluding hydrogens is 522 g/mol. The van der Waals surface area contributed by atoms with Gasteiger partial charge in [-0.05, 0) is 33.6 Å². The van der Waals surface area contributed by atoms with Gasteiger partial charge in [-0.25, -0.2) is 4.79 Å². The number of aliphatic hydroxyl groups excluding tert-OH is 5. The van der Waals surface area contributed by atoms with Gasteiger partial charge in [0.1, 0.15) is 48.3 Å². The van der Waals surface area contributed by atoms with Crippen LogP contribution < -0.4 is 28.3 Å². The molecule has 39 heavy (non-hydrogen) atoms. The Hall–Kier alpha value is -1.25. The lowest BCUT2D eigenvalue weighted by Gasteiger charge is -2.47. The predicted molar refractivity (Wildman–Crippen MR) is 134 cm³/mol. The molecule has 14 N–H and O–H groups in total. The Labute approximate surface area is 226 Å². The van der Waals surface area contributed by atoms with Gasteiger partial charge in [0.25, 0.3) is 0 Å². The van der Waals surface area contributed by atoms with Gasteiger partial charge in [0.15, 0.2) is 12.6 Å². The fraction of sp³-hybridized carbons (Fsp3) is 0.957. The molecule has 0 aromatic rings. The summed E-state index contributed by atoms with van der Waals surface area (Å²) in [5.74, 6) is 0. The number of aliphatic hydroxyl groups is 5. The number of rotatable bonds is 7. The van der Waals surface area contributed by atoms with Crippen molar-refractivity contribution in [3.63, 3.8) is 0 Å². The summed E-state index contributed by atoms with van der Waals surface area (Å²) in [6.45, 7) is 4.48. The topological polar surface area (TPSA) is 280 Å². The predicted octanol–water partition coefficient (Wildman–Crippen LogP) is -4.73. The molecule has 0 aromatic heterocycles. The Morgan fingerprint density at radius 3 is 1.97 bits per heavy atom. The van der Waals surface area contributed by atoms with Crippen LogP contribution in [0.3, 0.4) is 0 Å². The third-order valence-electron chi connectivity index (χ3n) is 7.03. The van der Waals surface area contributed by atoms with Gasteiger partial charge in [-0.1, -0.05) is 0 Å². The first-order chi connectivity index (χ1) is 18.1. The first-order valence-corrected chi connectivity index (χ1v) is 13.1. The first kappa shape index (κ1) is 32.3. The van der Waals surface area contributed by atoms with Gasteiger partial charge >= 0.3 is 6.09 Å². The van der Waals surface area contributed by atoms with Crippen molar-refractivity contribution in [3.8, 4) is 0 Å². The summed E-state index contributed by atoms with van der Waals surface area (Å²) >= 11 is 0. The Morgan fingerprint density at radius 2 is 1.41 bits per heavy atom. The minimum absolute atomic E-state index is 0.0771. The zero-order valence-corrected chi connectivity index (χ0v) is 22.4. The molecule has 1 amide bonds. The Kier molecular flexibility index (Phi) is 10.9. The molecule has 14 atom stereocenters. The van der Waals surface area contributed by atoms with E-state index in [4.69, 9.17) is 46.6 Å². The van der Waals surface area contributed by atoms with Gasteiger partial charge < -0.3 is 77.5 Å². The lowest BCUT2D eigenvalue weighted by Crippen LogP contribution is -2.68. The average Bonchev–Trinajstić information content (AvgIpc) is 2.83. The number of nitrogens with two attached hydrogens (primary N) is 4. The van der Waals surface area contributed by atoms with Crippen molar-refractivity contribution in [3.05, 3.63) is 0 Å². The number of amides is 1. The van der Waals surface area contributed by atoms with Crippen molar-refractivity contribution >= 4 is 6.09 Å². The van der Waals surface area contributed by atoms with E-state index < -0.39 is 104 Å². The molecular formula is C23H45N5O11. The van der Waals surface area contributed by atoms with Crippen molar-refractivity contribution < 1.29 is 54.0 Å². The van der Waals surface area contributed by atoms with E-state index in [1.807, 2.05) is 0 Å². The average molecular weight is 568 g/mol.